The number of anilines is 2. The van der Waals surface area contributed by atoms with Crippen molar-refractivity contribution in [3.8, 4) is 12.1 Å². The summed E-state index contributed by atoms with van der Waals surface area (Å²) >= 11 is 0. The lowest BCUT2D eigenvalue weighted by Gasteiger charge is -2.42. The lowest BCUT2D eigenvalue weighted by molar-refractivity contribution is -0.139. The molecule has 3 aliphatic heterocycles. The number of piperazine rings is 1. The third-order valence-electron chi connectivity index (χ3n) is 10.9. The number of nitrogens with two attached hydrogens (primary N) is 1. The summed E-state index contributed by atoms with van der Waals surface area (Å²) in [5.41, 5.74) is 6.07. The maximum atomic E-state index is 14.6. The molecular formula is C36H47F4N9O2. The molecule has 3 saturated heterocycles. The molecule has 11 nitrogen and oxygen atoms in total. The van der Waals surface area contributed by atoms with Crippen molar-refractivity contribution in [3.05, 3.63) is 46.3 Å². The summed E-state index contributed by atoms with van der Waals surface area (Å²) in [7, 11) is 3.82. The Kier molecular flexibility index (Phi) is 10.5. The minimum absolute atomic E-state index is 0.0195. The lowest BCUT2D eigenvalue weighted by Crippen LogP contribution is -2.55. The maximum Gasteiger partial charge on any atom is 0.418 e. The number of aryl methyl sites for hydroxylation is 1. The molecular weight excluding hydrogens is 666 g/mol. The van der Waals surface area contributed by atoms with E-state index >= 15 is 0 Å². The van der Waals surface area contributed by atoms with Crippen LogP contribution in [0.2, 0.25) is 0 Å². The second-order valence-corrected chi connectivity index (χ2v) is 14.9. The molecule has 4 aliphatic rings. The molecule has 0 aromatic carbocycles. The zero-order chi connectivity index (χ0) is 36.7. The van der Waals surface area contributed by atoms with Gasteiger partial charge in [0.25, 0.3) is 0 Å². The molecule has 1 aliphatic carbocycles. The van der Waals surface area contributed by atoms with Crippen LogP contribution in [0.15, 0.2) is 18.2 Å². The summed E-state index contributed by atoms with van der Waals surface area (Å²) in [6.07, 6.45) is 0.501. The molecule has 2 aromatic rings. The summed E-state index contributed by atoms with van der Waals surface area (Å²) in [5, 5.41) is 9.71. The van der Waals surface area contributed by atoms with Crippen LogP contribution >= 0.6 is 0 Å². The van der Waals surface area contributed by atoms with E-state index in [1.807, 2.05) is 30.8 Å². The Balaban J connectivity index is 1.35. The second-order valence-electron chi connectivity index (χ2n) is 14.9. The number of fused-ring (bicyclic) bond motifs is 2. The van der Waals surface area contributed by atoms with E-state index in [-0.39, 0.29) is 54.4 Å². The predicted molar refractivity (Wildman–Crippen MR) is 184 cm³/mol. The molecule has 6 rings (SSSR count). The van der Waals surface area contributed by atoms with Crippen molar-refractivity contribution in [1.29, 1.82) is 5.26 Å². The number of likely N-dealkylation sites (N-methyl/N-ethyl adjacent to an activating group) is 1. The molecule has 0 bridgehead atoms. The van der Waals surface area contributed by atoms with Gasteiger partial charge in [-0.05, 0) is 70.8 Å². The summed E-state index contributed by atoms with van der Waals surface area (Å²) in [5.74, 6) is -0.464. The highest BCUT2D eigenvalue weighted by Gasteiger charge is 2.50. The zero-order valence-electron chi connectivity index (χ0n) is 29.7. The number of alkyl halides is 4. The molecule has 2 N–H and O–H groups in total. The number of nitrogens with zero attached hydrogens (tertiary/aromatic N) is 8. The highest BCUT2D eigenvalue weighted by Crippen LogP contribution is 2.46. The zero-order valence-corrected chi connectivity index (χ0v) is 29.7. The number of ether oxygens (including phenoxy) is 1. The number of pyridine rings is 1. The van der Waals surface area contributed by atoms with E-state index in [0.717, 1.165) is 24.9 Å². The Hall–Kier alpha value is -4.03. The summed E-state index contributed by atoms with van der Waals surface area (Å²) in [6.45, 7) is 6.35. The molecule has 5 atom stereocenters. The number of nitriles is 1. The van der Waals surface area contributed by atoms with Crippen molar-refractivity contribution in [3.63, 3.8) is 0 Å². The highest BCUT2D eigenvalue weighted by molar-refractivity contribution is 5.88. The Labute approximate surface area is 296 Å². The molecule has 0 spiro atoms. The Morgan fingerprint density at radius 1 is 1.20 bits per heavy atom. The molecule has 2 aromatic heterocycles. The number of carbonyl (C=O) groups is 1. The SMILES string of the molecule is Cc1cc(N)nc([C@H]2Cc3nc(OC[C@@]45CCCN4C[C@H](F)C5)nc(N4CCN(C(=O)/C=C/CN(C)C)[C@@H](CC#N)C4)c3C[C@@H]2C)c1C(F)(F)F. The van der Waals surface area contributed by atoms with Crippen LogP contribution in [0, 0.1) is 24.2 Å². The number of rotatable bonds is 9. The van der Waals surface area contributed by atoms with Crippen LogP contribution in [0.4, 0.5) is 29.2 Å². The van der Waals surface area contributed by atoms with Crippen LogP contribution < -0.4 is 15.4 Å². The van der Waals surface area contributed by atoms with Gasteiger partial charge in [-0.1, -0.05) is 13.0 Å². The van der Waals surface area contributed by atoms with E-state index in [1.54, 1.807) is 17.1 Å². The molecule has 51 heavy (non-hydrogen) atoms. The molecule has 0 saturated carbocycles. The van der Waals surface area contributed by atoms with Crippen molar-refractivity contribution in [2.24, 2.45) is 5.92 Å². The fourth-order valence-electron chi connectivity index (χ4n) is 8.52. The van der Waals surface area contributed by atoms with Crippen molar-refractivity contribution < 1.29 is 27.1 Å². The first-order chi connectivity index (χ1) is 24.2. The quantitative estimate of drug-likeness (QED) is 0.297. The third kappa shape index (κ3) is 7.62. The first-order valence-corrected chi connectivity index (χ1v) is 17.7. The van der Waals surface area contributed by atoms with Crippen LogP contribution in [0.25, 0.3) is 0 Å². The van der Waals surface area contributed by atoms with Crippen LogP contribution in [0.5, 0.6) is 6.01 Å². The fraction of sp³-hybridized carbons (Fsp3) is 0.639. The van der Waals surface area contributed by atoms with Crippen molar-refractivity contribution in [1.82, 2.24) is 29.7 Å². The standard InChI is InChI=1S/C36H47F4N9O2/c1-22-15-27-28(17-26(22)32-31(36(38,39)40)23(2)16-29(42)44-32)43-34(51-21-35-9-6-12-48(35)19-24(37)18-35)45-33(27)47-13-14-49(25(20-47)8-10-41)30(50)7-5-11-46(3)4/h5,7,16,22,24-26H,6,8-9,11-15,17-21H2,1-4H3,(H2,42,44)/b7-5+/t22-,24+,25-,26-,35-/m0/s1. The average Bonchev–Trinajstić information content (AvgIpc) is 3.57. The molecule has 0 radical (unpaired) electrons. The number of hydrogen-bond donors (Lipinski definition) is 1. The molecule has 0 unspecified atom stereocenters. The smallest absolute Gasteiger partial charge is 0.418 e. The monoisotopic (exact) mass is 713 g/mol. The van der Waals surface area contributed by atoms with E-state index < -0.39 is 35.4 Å². The Morgan fingerprint density at radius 2 is 1.98 bits per heavy atom. The summed E-state index contributed by atoms with van der Waals surface area (Å²) in [6, 6.07) is 3.13. The fourth-order valence-corrected chi connectivity index (χ4v) is 8.52. The van der Waals surface area contributed by atoms with Gasteiger partial charge in [0.05, 0.1) is 41.0 Å². The molecule has 5 heterocycles. The van der Waals surface area contributed by atoms with E-state index in [4.69, 9.17) is 20.4 Å². The molecule has 1 amide bonds. The number of amides is 1. The van der Waals surface area contributed by atoms with E-state index in [1.165, 1.54) is 13.0 Å². The lowest BCUT2D eigenvalue weighted by atomic mass is 9.75. The normalized spacial score (nSPS) is 26.8. The van der Waals surface area contributed by atoms with Crippen LogP contribution in [0.1, 0.15) is 66.6 Å². The number of halogens is 4. The predicted octanol–water partition coefficient (Wildman–Crippen LogP) is 4.30. The van der Waals surface area contributed by atoms with Gasteiger partial charge < -0.3 is 25.2 Å². The van der Waals surface area contributed by atoms with Gasteiger partial charge in [-0.15, -0.1) is 0 Å². The highest BCUT2D eigenvalue weighted by atomic mass is 19.4. The minimum atomic E-state index is -4.62. The van der Waals surface area contributed by atoms with Gasteiger partial charge in [0.1, 0.15) is 24.4 Å². The van der Waals surface area contributed by atoms with Crippen molar-refractivity contribution in [2.45, 2.75) is 82.2 Å². The van der Waals surface area contributed by atoms with Gasteiger partial charge in [-0.25, -0.2) is 9.37 Å². The van der Waals surface area contributed by atoms with Crippen molar-refractivity contribution in [2.75, 3.05) is 70.6 Å². The molecule has 276 valence electrons. The molecule has 15 heteroatoms. The largest absolute Gasteiger partial charge is 0.461 e. The van der Waals surface area contributed by atoms with E-state index in [2.05, 4.69) is 16.0 Å². The number of nitrogen functional groups attached to an aromatic ring is 1. The maximum absolute atomic E-state index is 14.6. The number of hydrogen-bond acceptors (Lipinski definition) is 10. The molecule has 3 fully saturated rings. The van der Waals surface area contributed by atoms with Gasteiger partial charge in [-0.3, -0.25) is 9.69 Å². The van der Waals surface area contributed by atoms with Crippen LogP contribution in [0.3, 0.4) is 0 Å². The van der Waals surface area contributed by atoms with Crippen LogP contribution in [-0.4, -0.2) is 113 Å². The summed E-state index contributed by atoms with van der Waals surface area (Å²) in [4.78, 5) is 35.0. The van der Waals surface area contributed by atoms with Crippen molar-refractivity contribution >= 4 is 17.5 Å². The van der Waals surface area contributed by atoms with E-state index in [9.17, 15) is 27.6 Å². The topological polar surface area (TPSA) is 128 Å². The van der Waals surface area contributed by atoms with Gasteiger partial charge in [0.15, 0.2) is 0 Å². The van der Waals surface area contributed by atoms with Gasteiger partial charge in [0.2, 0.25) is 5.91 Å². The summed E-state index contributed by atoms with van der Waals surface area (Å²) < 4.78 is 64.2. The second kappa shape index (κ2) is 14.5. The first kappa shape index (κ1) is 36.8. The van der Waals surface area contributed by atoms with E-state index in [0.29, 0.717) is 57.1 Å². The van der Waals surface area contributed by atoms with Gasteiger partial charge in [0, 0.05) is 56.7 Å². The number of carbonyl (C=O) groups excluding carboxylic acids is 1. The van der Waals surface area contributed by atoms with Crippen LogP contribution in [-0.2, 0) is 23.8 Å². The first-order valence-electron chi connectivity index (χ1n) is 17.7. The Bertz CT molecular complexity index is 1700. The third-order valence-corrected chi connectivity index (χ3v) is 10.9. The Morgan fingerprint density at radius 3 is 2.71 bits per heavy atom. The average molecular weight is 714 g/mol. The van der Waals surface area contributed by atoms with Gasteiger partial charge in [-0.2, -0.15) is 28.4 Å². The minimum Gasteiger partial charge on any atom is -0.461 e. The number of aromatic nitrogens is 3. The van der Waals surface area contributed by atoms with Gasteiger partial charge >= 0.3 is 12.2 Å².